The fraction of sp³-hybridized carbons (Fsp3) is 0.111. The average Bonchev–Trinajstić information content (AvgIpc) is 3.06. The Bertz CT molecular complexity index is 872. The summed E-state index contributed by atoms with van der Waals surface area (Å²) in [7, 11) is 1.57. The third-order valence-corrected chi connectivity index (χ3v) is 3.79. The number of amides is 1. The Hall–Kier alpha value is -2.79. The summed E-state index contributed by atoms with van der Waals surface area (Å²) in [6.07, 6.45) is 3.19. The number of halogens is 1. The third-order valence-electron chi connectivity index (χ3n) is 3.54. The molecule has 0 saturated heterocycles. The van der Waals surface area contributed by atoms with Gasteiger partial charge in [0.25, 0.3) is 5.91 Å². The summed E-state index contributed by atoms with van der Waals surface area (Å²) in [4.78, 5) is 12.5. The highest BCUT2D eigenvalue weighted by molar-refractivity contribution is 6.30. The van der Waals surface area contributed by atoms with Crippen LogP contribution < -0.4 is 10.1 Å². The molecule has 0 atom stereocenters. The largest absolute Gasteiger partial charge is 0.495 e. The maximum Gasteiger partial charge on any atom is 0.258 e. The Morgan fingerprint density at radius 3 is 2.67 bits per heavy atom. The summed E-state index contributed by atoms with van der Waals surface area (Å²) in [6.45, 7) is 1.95. The van der Waals surface area contributed by atoms with Crippen LogP contribution in [0.25, 0.3) is 5.69 Å². The van der Waals surface area contributed by atoms with E-state index in [2.05, 4.69) is 10.4 Å². The van der Waals surface area contributed by atoms with Crippen LogP contribution in [0.1, 0.15) is 15.9 Å². The van der Waals surface area contributed by atoms with E-state index in [-0.39, 0.29) is 5.91 Å². The molecule has 3 rings (SSSR count). The summed E-state index contributed by atoms with van der Waals surface area (Å²) in [5, 5.41) is 7.72. The molecule has 0 unspecified atom stereocenters. The Morgan fingerprint density at radius 1 is 1.21 bits per heavy atom. The lowest BCUT2D eigenvalue weighted by Gasteiger charge is -2.10. The second-order valence-electron chi connectivity index (χ2n) is 5.31. The first-order valence-electron chi connectivity index (χ1n) is 7.33. The van der Waals surface area contributed by atoms with Gasteiger partial charge in [0, 0.05) is 11.2 Å². The SMILES string of the molecule is COc1ccc(C)cc1NC(=O)c1cnn(-c2ccc(Cl)cc2)c1. The number of anilines is 1. The predicted octanol–water partition coefficient (Wildman–Crippen LogP) is 4.10. The van der Waals surface area contributed by atoms with Crippen LogP contribution in [0.4, 0.5) is 5.69 Å². The molecule has 0 spiro atoms. The number of aromatic nitrogens is 2. The van der Waals surface area contributed by atoms with Crippen LogP contribution in [0.5, 0.6) is 5.75 Å². The number of benzene rings is 2. The van der Waals surface area contributed by atoms with Crippen LogP contribution >= 0.6 is 11.6 Å². The number of nitrogens with one attached hydrogen (secondary N) is 1. The van der Waals surface area contributed by atoms with Gasteiger partial charge < -0.3 is 10.1 Å². The van der Waals surface area contributed by atoms with Crippen molar-refractivity contribution in [3.05, 3.63) is 71.0 Å². The molecular formula is C18H16ClN3O2. The Kier molecular flexibility index (Phi) is 4.53. The number of hydrogen-bond acceptors (Lipinski definition) is 3. The van der Waals surface area contributed by atoms with Crippen molar-refractivity contribution in [3.8, 4) is 11.4 Å². The van der Waals surface area contributed by atoms with Crippen molar-refractivity contribution in [1.29, 1.82) is 0 Å². The van der Waals surface area contributed by atoms with E-state index in [1.54, 1.807) is 30.1 Å². The summed E-state index contributed by atoms with van der Waals surface area (Å²) in [5.74, 6) is 0.359. The minimum Gasteiger partial charge on any atom is -0.495 e. The molecule has 0 saturated carbocycles. The van der Waals surface area contributed by atoms with Crippen LogP contribution in [0.2, 0.25) is 5.02 Å². The molecule has 3 aromatic rings. The third kappa shape index (κ3) is 3.41. The first-order valence-corrected chi connectivity index (χ1v) is 7.71. The van der Waals surface area contributed by atoms with Gasteiger partial charge in [-0.25, -0.2) is 4.68 Å². The maximum atomic E-state index is 12.5. The number of hydrogen-bond donors (Lipinski definition) is 1. The fourth-order valence-electron chi connectivity index (χ4n) is 2.29. The summed E-state index contributed by atoms with van der Waals surface area (Å²) < 4.78 is 6.90. The van der Waals surface area contributed by atoms with Crippen molar-refractivity contribution in [2.24, 2.45) is 0 Å². The molecule has 5 nitrogen and oxygen atoms in total. The van der Waals surface area contributed by atoms with Gasteiger partial charge in [-0.1, -0.05) is 17.7 Å². The van der Waals surface area contributed by atoms with Gasteiger partial charge in [-0.15, -0.1) is 0 Å². The molecule has 1 aromatic heterocycles. The van der Waals surface area contributed by atoms with E-state index in [0.29, 0.717) is 22.0 Å². The molecule has 2 aromatic carbocycles. The zero-order valence-corrected chi connectivity index (χ0v) is 14.0. The van der Waals surface area contributed by atoms with Crippen molar-refractivity contribution in [3.63, 3.8) is 0 Å². The smallest absolute Gasteiger partial charge is 0.258 e. The van der Waals surface area contributed by atoms with Gasteiger partial charge >= 0.3 is 0 Å². The molecule has 0 aliphatic carbocycles. The van der Waals surface area contributed by atoms with Crippen molar-refractivity contribution < 1.29 is 9.53 Å². The number of methoxy groups -OCH3 is 1. The van der Waals surface area contributed by atoms with E-state index in [1.165, 1.54) is 6.20 Å². The molecule has 0 aliphatic heterocycles. The summed E-state index contributed by atoms with van der Waals surface area (Å²) in [5.41, 5.74) is 2.93. The molecule has 1 amide bonds. The van der Waals surface area contributed by atoms with Gasteiger partial charge in [-0.3, -0.25) is 4.79 Å². The van der Waals surface area contributed by atoms with Crippen LogP contribution in [0, 0.1) is 6.92 Å². The number of ether oxygens (including phenoxy) is 1. The predicted molar refractivity (Wildman–Crippen MR) is 94.3 cm³/mol. The quantitative estimate of drug-likeness (QED) is 0.777. The van der Waals surface area contributed by atoms with E-state index in [4.69, 9.17) is 16.3 Å². The fourth-order valence-corrected chi connectivity index (χ4v) is 2.42. The highest BCUT2D eigenvalue weighted by atomic mass is 35.5. The highest BCUT2D eigenvalue weighted by Crippen LogP contribution is 2.25. The second-order valence-corrected chi connectivity index (χ2v) is 5.74. The first-order chi connectivity index (χ1) is 11.6. The lowest BCUT2D eigenvalue weighted by molar-refractivity contribution is 0.102. The second kappa shape index (κ2) is 6.76. The Morgan fingerprint density at radius 2 is 1.96 bits per heavy atom. The molecule has 1 heterocycles. The number of nitrogens with zero attached hydrogens (tertiary/aromatic N) is 2. The molecule has 0 bridgehead atoms. The van der Waals surface area contributed by atoms with Crippen LogP contribution in [-0.4, -0.2) is 22.8 Å². The lowest BCUT2D eigenvalue weighted by atomic mass is 10.2. The minimum atomic E-state index is -0.251. The van der Waals surface area contributed by atoms with Gasteiger partial charge in [0.15, 0.2) is 0 Å². The normalized spacial score (nSPS) is 10.5. The van der Waals surface area contributed by atoms with E-state index in [0.717, 1.165) is 11.3 Å². The van der Waals surface area contributed by atoms with Crippen LogP contribution in [-0.2, 0) is 0 Å². The maximum absolute atomic E-state index is 12.5. The standard InChI is InChI=1S/C18H16ClN3O2/c1-12-3-8-17(24-2)16(9-12)21-18(23)13-10-20-22(11-13)15-6-4-14(19)5-7-15/h3-11H,1-2H3,(H,21,23). The topological polar surface area (TPSA) is 56.1 Å². The lowest BCUT2D eigenvalue weighted by Crippen LogP contribution is -2.12. The van der Waals surface area contributed by atoms with Crippen molar-refractivity contribution in [2.45, 2.75) is 6.92 Å². The van der Waals surface area contributed by atoms with Gasteiger partial charge in [-0.05, 0) is 48.9 Å². The molecule has 24 heavy (non-hydrogen) atoms. The first kappa shape index (κ1) is 16.1. The molecule has 1 N–H and O–H groups in total. The molecule has 6 heteroatoms. The molecule has 0 aliphatic rings. The minimum absolute atomic E-state index is 0.251. The van der Waals surface area contributed by atoms with Gasteiger partial charge in [-0.2, -0.15) is 5.10 Å². The van der Waals surface area contributed by atoms with E-state index in [9.17, 15) is 4.79 Å². The van der Waals surface area contributed by atoms with E-state index >= 15 is 0 Å². The highest BCUT2D eigenvalue weighted by Gasteiger charge is 2.12. The zero-order valence-electron chi connectivity index (χ0n) is 13.3. The van der Waals surface area contributed by atoms with E-state index in [1.807, 2.05) is 37.3 Å². The molecule has 0 fully saturated rings. The zero-order chi connectivity index (χ0) is 17.1. The van der Waals surface area contributed by atoms with Crippen LogP contribution in [0.15, 0.2) is 54.9 Å². The van der Waals surface area contributed by atoms with Crippen molar-refractivity contribution >= 4 is 23.2 Å². The monoisotopic (exact) mass is 341 g/mol. The summed E-state index contributed by atoms with van der Waals surface area (Å²) >= 11 is 5.88. The van der Waals surface area contributed by atoms with Gasteiger partial charge in [0.2, 0.25) is 0 Å². The summed E-state index contributed by atoms with van der Waals surface area (Å²) in [6, 6.07) is 12.8. The number of carbonyl (C=O) groups is 1. The van der Waals surface area contributed by atoms with Gasteiger partial charge in [0.1, 0.15) is 5.75 Å². The Balaban J connectivity index is 1.81. The molecule has 122 valence electrons. The van der Waals surface area contributed by atoms with Gasteiger partial charge in [0.05, 0.1) is 30.2 Å². The van der Waals surface area contributed by atoms with Crippen molar-refractivity contribution in [1.82, 2.24) is 9.78 Å². The average molecular weight is 342 g/mol. The van der Waals surface area contributed by atoms with E-state index < -0.39 is 0 Å². The Labute approximate surface area is 144 Å². The molecular weight excluding hydrogens is 326 g/mol. The van der Waals surface area contributed by atoms with Crippen molar-refractivity contribution in [2.75, 3.05) is 12.4 Å². The number of aryl methyl sites for hydroxylation is 1. The molecule has 0 radical (unpaired) electrons. The number of rotatable bonds is 4. The number of carbonyl (C=O) groups excluding carboxylic acids is 1. The van der Waals surface area contributed by atoms with Crippen LogP contribution in [0.3, 0.4) is 0 Å².